The van der Waals surface area contributed by atoms with Crippen molar-refractivity contribution in [2.24, 2.45) is 5.41 Å². The number of hydrogen-bond acceptors (Lipinski definition) is 3. The van der Waals surface area contributed by atoms with Crippen LogP contribution >= 0.6 is 0 Å². The Bertz CT molecular complexity index is 389. The van der Waals surface area contributed by atoms with E-state index in [9.17, 15) is 0 Å². The monoisotopic (exact) mass is 265 g/mol. The number of aromatic nitrogens is 2. The summed E-state index contributed by atoms with van der Waals surface area (Å²) in [5.41, 5.74) is 2.80. The van der Waals surface area contributed by atoms with Gasteiger partial charge in [-0.15, -0.1) is 0 Å². The fourth-order valence-corrected chi connectivity index (χ4v) is 3.11. The zero-order valence-electron chi connectivity index (χ0n) is 12.5. The fraction of sp³-hybridized carbons (Fsp3) is 0.800. The van der Waals surface area contributed by atoms with E-state index in [-0.39, 0.29) is 5.41 Å². The first kappa shape index (κ1) is 14.5. The molecule has 19 heavy (non-hydrogen) atoms. The summed E-state index contributed by atoms with van der Waals surface area (Å²) in [6, 6.07) is 2.27. The van der Waals surface area contributed by atoms with Gasteiger partial charge in [0.1, 0.15) is 0 Å². The predicted octanol–water partition coefficient (Wildman–Crippen LogP) is 2.02. The molecule has 1 aromatic heterocycles. The Morgan fingerprint density at radius 2 is 2.32 bits per heavy atom. The summed E-state index contributed by atoms with van der Waals surface area (Å²) in [5, 5.41) is 8.01. The zero-order valence-corrected chi connectivity index (χ0v) is 12.5. The van der Waals surface area contributed by atoms with Gasteiger partial charge in [-0.2, -0.15) is 5.10 Å². The lowest BCUT2D eigenvalue weighted by Crippen LogP contribution is -2.42. The van der Waals surface area contributed by atoms with Gasteiger partial charge in [-0.05, 0) is 45.7 Å². The maximum atomic E-state index is 5.75. The summed E-state index contributed by atoms with van der Waals surface area (Å²) >= 11 is 0. The van der Waals surface area contributed by atoms with Crippen LogP contribution in [0.2, 0.25) is 0 Å². The Morgan fingerprint density at radius 1 is 1.47 bits per heavy atom. The van der Waals surface area contributed by atoms with E-state index in [1.54, 1.807) is 0 Å². The van der Waals surface area contributed by atoms with Gasteiger partial charge in [0.05, 0.1) is 12.3 Å². The molecule has 1 saturated heterocycles. The molecule has 0 bridgehead atoms. The molecule has 1 unspecified atom stereocenters. The number of nitrogens with zero attached hydrogens (tertiary/aromatic N) is 2. The normalized spacial score (nSPS) is 23.7. The second-order valence-electron chi connectivity index (χ2n) is 5.66. The van der Waals surface area contributed by atoms with Gasteiger partial charge in [0.25, 0.3) is 0 Å². The number of nitrogens with one attached hydrogen (secondary N) is 1. The van der Waals surface area contributed by atoms with Crippen molar-refractivity contribution < 1.29 is 4.74 Å². The van der Waals surface area contributed by atoms with Crippen LogP contribution in [-0.2, 0) is 24.1 Å². The second kappa shape index (κ2) is 6.53. The highest BCUT2D eigenvalue weighted by Crippen LogP contribution is 2.32. The molecule has 4 nitrogen and oxygen atoms in total. The quantitative estimate of drug-likeness (QED) is 0.855. The summed E-state index contributed by atoms with van der Waals surface area (Å²) in [7, 11) is 2.03. The molecule has 0 aliphatic carbocycles. The Balaban J connectivity index is 2.18. The van der Waals surface area contributed by atoms with E-state index in [0.29, 0.717) is 0 Å². The average molecular weight is 265 g/mol. The molecule has 0 amide bonds. The molecular weight excluding hydrogens is 238 g/mol. The van der Waals surface area contributed by atoms with Crippen LogP contribution in [-0.4, -0.2) is 36.6 Å². The van der Waals surface area contributed by atoms with Gasteiger partial charge in [-0.1, -0.05) is 6.92 Å². The number of ether oxygens (including phenoxy) is 1. The van der Waals surface area contributed by atoms with Gasteiger partial charge in [-0.25, -0.2) is 0 Å². The van der Waals surface area contributed by atoms with Crippen molar-refractivity contribution in [3.8, 4) is 0 Å². The molecule has 108 valence electrons. The van der Waals surface area contributed by atoms with E-state index in [2.05, 4.69) is 35.0 Å². The molecule has 4 heteroatoms. The van der Waals surface area contributed by atoms with E-state index < -0.39 is 0 Å². The molecule has 0 saturated carbocycles. The first-order valence-electron chi connectivity index (χ1n) is 7.51. The first-order chi connectivity index (χ1) is 9.23. The summed E-state index contributed by atoms with van der Waals surface area (Å²) in [6.45, 7) is 8.08. The highest BCUT2D eigenvalue weighted by Gasteiger charge is 2.33. The molecule has 1 aliphatic heterocycles. The molecular formula is C15H27N3O. The van der Waals surface area contributed by atoms with Crippen LogP contribution < -0.4 is 5.32 Å². The fourth-order valence-electron chi connectivity index (χ4n) is 3.11. The van der Waals surface area contributed by atoms with Gasteiger partial charge < -0.3 is 10.1 Å². The topological polar surface area (TPSA) is 39.1 Å². The molecule has 1 atom stereocenters. The van der Waals surface area contributed by atoms with E-state index in [0.717, 1.165) is 39.1 Å². The Labute approximate surface area is 116 Å². The first-order valence-corrected chi connectivity index (χ1v) is 7.51. The Morgan fingerprint density at radius 3 is 2.89 bits per heavy atom. The molecule has 2 rings (SSSR count). The largest absolute Gasteiger partial charge is 0.381 e. The third-order valence-corrected chi connectivity index (χ3v) is 4.09. The summed E-state index contributed by atoms with van der Waals surface area (Å²) < 4.78 is 7.90. The molecule has 1 aromatic rings. The van der Waals surface area contributed by atoms with Crippen molar-refractivity contribution in [3.05, 3.63) is 17.5 Å². The highest BCUT2D eigenvalue weighted by atomic mass is 16.5. The van der Waals surface area contributed by atoms with E-state index in [1.807, 2.05) is 7.05 Å². The number of hydrogen-bond donors (Lipinski definition) is 1. The van der Waals surface area contributed by atoms with Gasteiger partial charge in [0.15, 0.2) is 0 Å². The molecule has 0 aromatic carbocycles. The van der Waals surface area contributed by atoms with Crippen molar-refractivity contribution in [2.45, 2.75) is 46.1 Å². The lowest BCUT2D eigenvalue weighted by molar-refractivity contribution is -0.00722. The van der Waals surface area contributed by atoms with Gasteiger partial charge >= 0.3 is 0 Å². The van der Waals surface area contributed by atoms with Gasteiger partial charge in [0.2, 0.25) is 0 Å². The SMILES string of the molecule is CCc1cc(CC2(CNC)CCCOC2)n(CC)n1. The predicted molar refractivity (Wildman–Crippen MR) is 77.4 cm³/mol. The minimum atomic E-state index is 0.241. The van der Waals surface area contributed by atoms with Gasteiger partial charge in [-0.3, -0.25) is 4.68 Å². The second-order valence-corrected chi connectivity index (χ2v) is 5.66. The maximum Gasteiger partial charge on any atom is 0.0624 e. The van der Waals surface area contributed by atoms with Crippen LogP contribution in [0.1, 0.15) is 38.1 Å². The van der Waals surface area contributed by atoms with Crippen molar-refractivity contribution in [1.29, 1.82) is 0 Å². The zero-order chi connectivity index (χ0) is 13.7. The Kier molecular flexibility index (Phi) is 4.99. The molecule has 0 spiro atoms. The number of rotatable bonds is 6. The van der Waals surface area contributed by atoms with E-state index in [1.165, 1.54) is 24.2 Å². The van der Waals surface area contributed by atoms with Crippen LogP contribution in [0.15, 0.2) is 6.07 Å². The third-order valence-electron chi connectivity index (χ3n) is 4.09. The van der Waals surface area contributed by atoms with Crippen molar-refractivity contribution in [2.75, 3.05) is 26.8 Å². The minimum absolute atomic E-state index is 0.241. The van der Waals surface area contributed by atoms with E-state index in [4.69, 9.17) is 4.74 Å². The van der Waals surface area contributed by atoms with Crippen molar-refractivity contribution >= 4 is 0 Å². The lowest BCUT2D eigenvalue weighted by Gasteiger charge is -2.37. The molecule has 1 fully saturated rings. The minimum Gasteiger partial charge on any atom is -0.381 e. The van der Waals surface area contributed by atoms with Crippen LogP contribution in [0, 0.1) is 5.41 Å². The lowest BCUT2D eigenvalue weighted by atomic mass is 9.78. The standard InChI is InChI=1S/C15H27N3O/c1-4-13-9-14(18(5-2)17-13)10-15(11-16-3)7-6-8-19-12-15/h9,16H,4-8,10-12H2,1-3H3. The Hall–Kier alpha value is -0.870. The third kappa shape index (κ3) is 3.37. The van der Waals surface area contributed by atoms with Crippen LogP contribution in [0.3, 0.4) is 0 Å². The van der Waals surface area contributed by atoms with Crippen molar-refractivity contribution in [1.82, 2.24) is 15.1 Å². The van der Waals surface area contributed by atoms with Crippen LogP contribution in [0.4, 0.5) is 0 Å². The van der Waals surface area contributed by atoms with Crippen LogP contribution in [0.25, 0.3) is 0 Å². The highest BCUT2D eigenvalue weighted by molar-refractivity contribution is 5.13. The van der Waals surface area contributed by atoms with Crippen LogP contribution in [0.5, 0.6) is 0 Å². The summed E-state index contributed by atoms with van der Waals surface area (Å²) in [5.74, 6) is 0. The summed E-state index contributed by atoms with van der Waals surface area (Å²) in [6.07, 6.45) is 4.48. The smallest absolute Gasteiger partial charge is 0.0624 e. The maximum absolute atomic E-state index is 5.75. The number of aryl methyl sites for hydroxylation is 2. The molecule has 1 aliphatic rings. The molecule has 0 radical (unpaired) electrons. The average Bonchev–Trinajstić information content (AvgIpc) is 2.82. The van der Waals surface area contributed by atoms with Crippen molar-refractivity contribution in [3.63, 3.8) is 0 Å². The van der Waals surface area contributed by atoms with Gasteiger partial charge in [0, 0.05) is 30.8 Å². The summed E-state index contributed by atoms with van der Waals surface area (Å²) in [4.78, 5) is 0. The molecule has 1 N–H and O–H groups in total. The van der Waals surface area contributed by atoms with E-state index >= 15 is 0 Å². The molecule has 2 heterocycles.